The van der Waals surface area contributed by atoms with Gasteiger partial charge in [0.05, 0.1) is 29.2 Å². The van der Waals surface area contributed by atoms with Gasteiger partial charge in [0.25, 0.3) is 20.1 Å². The van der Waals surface area contributed by atoms with Crippen molar-refractivity contribution in [2.75, 3.05) is 7.11 Å². The van der Waals surface area contributed by atoms with Gasteiger partial charge in [-0.15, -0.1) is 0 Å². The second kappa shape index (κ2) is 10.2. The molecule has 0 radical (unpaired) electrons. The lowest BCUT2D eigenvalue weighted by Crippen LogP contribution is -2.66. The van der Waals surface area contributed by atoms with Crippen LogP contribution in [0, 0.1) is 11.8 Å². The van der Waals surface area contributed by atoms with Crippen LogP contribution in [-0.4, -0.2) is 60.2 Å². The Kier molecular flexibility index (Phi) is 7.05. The number of carbonyl (C=O) groups is 3. The summed E-state index contributed by atoms with van der Waals surface area (Å²) in [4.78, 5) is 53.1. The summed E-state index contributed by atoms with van der Waals surface area (Å²) in [5.41, 5.74) is 0.644. The van der Waals surface area contributed by atoms with Gasteiger partial charge in [0.2, 0.25) is 0 Å². The second-order valence-corrected chi connectivity index (χ2v) is 15.1. The summed E-state index contributed by atoms with van der Waals surface area (Å²) in [6.07, 6.45) is -0.275. The topological polar surface area (TPSA) is 104 Å². The third-order valence-electron chi connectivity index (χ3n) is 8.67. The van der Waals surface area contributed by atoms with Gasteiger partial charge in [-0.3, -0.25) is 19.3 Å². The smallest absolute Gasteiger partial charge is 0.306 e. The lowest BCUT2D eigenvalue weighted by atomic mass is 9.86. The molecule has 0 saturated heterocycles. The molecule has 2 aliphatic rings. The monoisotopic (exact) mass is 543 g/mol. The van der Waals surface area contributed by atoms with Crippen molar-refractivity contribution >= 4 is 36.5 Å². The third-order valence-corrected chi connectivity index (χ3v) is 13.2. The molecule has 3 aromatic rings. The molecule has 2 amide bonds. The molecule has 202 valence electrons. The average Bonchev–Trinajstić information content (AvgIpc) is 3.42. The van der Waals surface area contributed by atoms with Gasteiger partial charge in [0, 0.05) is 13.0 Å². The van der Waals surface area contributed by atoms with Crippen LogP contribution in [0.25, 0.3) is 0 Å². The lowest BCUT2D eigenvalue weighted by Gasteiger charge is -2.44. The van der Waals surface area contributed by atoms with E-state index in [0.29, 0.717) is 17.5 Å². The Morgan fingerprint density at radius 1 is 0.897 bits per heavy atom. The third kappa shape index (κ3) is 4.32. The number of imide groups is 1. The first kappa shape index (κ1) is 27.0. The predicted molar refractivity (Wildman–Crippen MR) is 150 cm³/mol. The number of amides is 2. The van der Waals surface area contributed by atoms with Crippen LogP contribution in [0.15, 0.2) is 84.9 Å². The van der Waals surface area contributed by atoms with Crippen molar-refractivity contribution in [2.45, 2.75) is 43.9 Å². The number of carboxylic acid groups (broad SMARTS) is 1. The van der Waals surface area contributed by atoms with E-state index in [1.54, 1.807) is 24.3 Å². The van der Waals surface area contributed by atoms with Crippen LogP contribution < -0.4 is 10.4 Å². The molecular weight excluding hydrogens is 510 g/mol. The molecule has 8 heteroatoms. The van der Waals surface area contributed by atoms with Gasteiger partial charge in [-0.1, -0.05) is 86.6 Å². The first-order chi connectivity index (χ1) is 18.6. The number of methoxy groups -OCH3 is 1. The van der Waals surface area contributed by atoms with Crippen LogP contribution in [0.5, 0.6) is 0 Å². The van der Waals surface area contributed by atoms with Crippen LogP contribution in [0.1, 0.15) is 47.4 Å². The second-order valence-electron chi connectivity index (χ2n) is 11.2. The van der Waals surface area contributed by atoms with Gasteiger partial charge in [0.1, 0.15) is 0 Å². The van der Waals surface area contributed by atoms with Gasteiger partial charge in [-0.25, -0.2) is 0 Å². The Morgan fingerprint density at radius 2 is 1.36 bits per heavy atom. The highest BCUT2D eigenvalue weighted by Gasteiger charge is 2.58. The van der Waals surface area contributed by atoms with Crippen LogP contribution in [0.4, 0.5) is 0 Å². The number of nitrogens with zero attached hydrogens (tertiary/aromatic N) is 1. The van der Waals surface area contributed by atoms with Crippen molar-refractivity contribution in [3.8, 4) is 0 Å². The van der Waals surface area contributed by atoms with Gasteiger partial charge in [0.15, 0.2) is 0 Å². The lowest BCUT2D eigenvalue weighted by molar-refractivity contribution is -0.144. The van der Waals surface area contributed by atoms with E-state index < -0.39 is 55.1 Å². The number of hydrogen-bond donors (Lipinski definition) is 2. The van der Waals surface area contributed by atoms with Gasteiger partial charge >= 0.3 is 5.97 Å². The zero-order valence-corrected chi connectivity index (χ0v) is 23.3. The maximum atomic E-state index is 13.3. The summed E-state index contributed by atoms with van der Waals surface area (Å²) in [5, 5.41) is 11.2. The van der Waals surface area contributed by atoms with E-state index >= 15 is 0 Å². The summed E-state index contributed by atoms with van der Waals surface area (Å²) in [6.45, 7) is 3.97. The zero-order chi connectivity index (χ0) is 27.9. The summed E-state index contributed by atoms with van der Waals surface area (Å²) in [7, 11) is -1.93. The zero-order valence-electron chi connectivity index (χ0n) is 22.3. The molecule has 1 aliphatic heterocycles. The van der Waals surface area contributed by atoms with E-state index in [4.69, 9.17) is 4.74 Å². The molecule has 7 nitrogen and oxygen atoms in total. The number of rotatable bonds is 8. The fourth-order valence-electron chi connectivity index (χ4n) is 6.76. The van der Waals surface area contributed by atoms with Crippen molar-refractivity contribution < 1.29 is 29.0 Å². The highest BCUT2D eigenvalue weighted by molar-refractivity contribution is 6.98. The largest absolute Gasteiger partial charge is 0.481 e. The summed E-state index contributed by atoms with van der Waals surface area (Å²) in [6, 6.07) is 25.1. The molecular formula is C31H33NO6Si. The molecule has 5 rings (SSSR count). The van der Waals surface area contributed by atoms with E-state index in [1.165, 1.54) is 12.0 Å². The summed E-state index contributed by atoms with van der Waals surface area (Å²) < 4.78 is 5.92. The number of aliphatic carboxylic acids is 1. The quantitative estimate of drug-likeness (QED) is 0.334. The molecule has 2 N–H and O–H groups in total. The fourth-order valence-corrected chi connectivity index (χ4v) is 10.5. The summed E-state index contributed by atoms with van der Waals surface area (Å²) >= 11 is 0. The van der Waals surface area contributed by atoms with Crippen LogP contribution in [-0.2, 0) is 9.53 Å². The molecule has 4 atom stereocenters. The number of fused-ring (bicyclic) bond motifs is 1. The maximum Gasteiger partial charge on any atom is 0.306 e. The first-order valence-corrected chi connectivity index (χ1v) is 15.1. The molecule has 3 aromatic carbocycles. The predicted octanol–water partition coefficient (Wildman–Crippen LogP) is 3.31. The minimum atomic E-state index is -3.43. The SMILES string of the molecule is CO[C@@H]1[C@H](CC(C)(C)[Si](O)(c2ccccc2)c2ccccc2)[C@@H](C(=O)O)C[C@H]1N1C(=O)c2ccccc2C1=O. The number of carbonyl (C=O) groups excluding carboxylic acids is 2. The van der Waals surface area contributed by atoms with E-state index in [1.807, 2.05) is 74.5 Å². The molecule has 0 bridgehead atoms. The first-order valence-electron chi connectivity index (χ1n) is 13.2. The molecule has 1 saturated carbocycles. The van der Waals surface area contributed by atoms with Crippen LogP contribution in [0.3, 0.4) is 0 Å². The average molecular weight is 544 g/mol. The molecule has 1 heterocycles. The molecule has 0 unspecified atom stereocenters. The fraction of sp³-hybridized carbons (Fsp3) is 0.323. The molecule has 0 aromatic heterocycles. The highest BCUT2D eigenvalue weighted by atomic mass is 28.4. The van der Waals surface area contributed by atoms with Crippen molar-refractivity contribution in [3.63, 3.8) is 0 Å². The van der Waals surface area contributed by atoms with E-state index in [-0.39, 0.29) is 6.42 Å². The van der Waals surface area contributed by atoms with Crippen molar-refractivity contribution in [3.05, 3.63) is 96.1 Å². The highest BCUT2D eigenvalue weighted by Crippen LogP contribution is 2.50. The Labute approximate surface area is 229 Å². The standard InChI is InChI=1S/C31H33NO6Si/c1-31(2,39(37,20-12-6-4-7-13-20)21-14-8-5-9-15-21)19-25-24(30(35)36)18-26(27(25)38-3)32-28(33)22-16-10-11-17-23(22)29(32)34/h4-17,24-27,37H,18-19H2,1-3H3,(H,35,36)/t24-,25+,26+,27+/m0/s1. The molecule has 1 fully saturated rings. The molecule has 39 heavy (non-hydrogen) atoms. The Bertz CT molecular complexity index is 1320. The van der Waals surface area contributed by atoms with Crippen molar-refractivity contribution in [1.82, 2.24) is 4.90 Å². The van der Waals surface area contributed by atoms with Gasteiger partial charge in [-0.05, 0) is 40.4 Å². The van der Waals surface area contributed by atoms with Crippen molar-refractivity contribution in [1.29, 1.82) is 0 Å². The minimum absolute atomic E-state index is 0.0940. The number of hydrogen-bond acceptors (Lipinski definition) is 5. The van der Waals surface area contributed by atoms with E-state index in [0.717, 1.165) is 10.4 Å². The Morgan fingerprint density at radius 3 is 1.79 bits per heavy atom. The Hall–Kier alpha value is -3.59. The Balaban J connectivity index is 1.54. The number of benzene rings is 3. The summed E-state index contributed by atoms with van der Waals surface area (Å²) in [5.74, 6) is -3.24. The van der Waals surface area contributed by atoms with Crippen molar-refractivity contribution in [2.24, 2.45) is 11.8 Å². The van der Waals surface area contributed by atoms with Gasteiger partial charge in [-0.2, -0.15) is 0 Å². The molecule has 0 spiro atoms. The van der Waals surface area contributed by atoms with E-state index in [2.05, 4.69) is 0 Å². The van der Waals surface area contributed by atoms with E-state index in [9.17, 15) is 24.3 Å². The maximum absolute atomic E-state index is 13.3. The minimum Gasteiger partial charge on any atom is -0.481 e. The molecule has 1 aliphatic carbocycles. The van der Waals surface area contributed by atoms with Gasteiger partial charge < -0.3 is 14.6 Å². The van der Waals surface area contributed by atoms with Crippen LogP contribution in [0.2, 0.25) is 5.04 Å². The number of ether oxygens (including phenoxy) is 1. The number of carboxylic acids is 1. The van der Waals surface area contributed by atoms with Crippen LogP contribution >= 0.6 is 0 Å². The normalized spacial score (nSPS) is 23.2.